The third kappa shape index (κ3) is 2.41. The van der Waals surface area contributed by atoms with Crippen LogP contribution in [0.5, 0.6) is 0 Å². The number of ether oxygens (including phenoxy) is 2. The van der Waals surface area contributed by atoms with Crippen LogP contribution >= 0.6 is 0 Å². The Morgan fingerprint density at radius 1 is 1.24 bits per heavy atom. The molecule has 1 heterocycles. The molecular formula is C22H28O7. The Balaban J connectivity index is 1.76. The minimum absolute atomic E-state index is 0.0451. The van der Waals surface area contributed by atoms with Crippen molar-refractivity contribution in [2.45, 2.75) is 63.4 Å². The minimum Gasteiger partial charge on any atom is -0.461 e. The van der Waals surface area contributed by atoms with Crippen LogP contribution in [0.3, 0.4) is 0 Å². The molecule has 7 atom stereocenters. The Labute approximate surface area is 169 Å². The Morgan fingerprint density at radius 3 is 2.55 bits per heavy atom. The van der Waals surface area contributed by atoms with E-state index >= 15 is 0 Å². The number of carbonyl (C=O) groups is 2. The number of aliphatic hydroxyl groups is 3. The normalized spacial score (nSPS) is 46.0. The van der Waals surface area contributed by atoms with Gasteiger partial charge in [0.15, 0.2) is 0 Å². The summed E-state index contributed by atoms with van der Waals surface area (Å²) in [4.78, 5) is 24.9. The molecule has 3 N–H and O–H groups in total. The standard InChI is InChI=1S/C22H28O7/c1-13-9-15(23)22(27)19(2,12-28-18(25)14-7-5-4-6-8-14)20(3,26)16-10-21(13,22)11-17(24)29-16/h4-8,13,15-16,23,26-27H,9-12H2,1-3H3/t13-,15+,16-,19-,20+,21-,22+/m1/s1. The Hall–Kier alpha value is -1.96. The molecule has 0 radical (unpaired) electrons. The number of aliphatic hydroxyl groups excluding tert-OH is 1. The molecule has 2 bridgehead atoms. The highest BCUT2D eigenvalue weighted by Gasteiger charge is 2.80. The molecule has 0 aromatic heterocycles. The van der Waals surface area contributed by atoms with Crippen LogP contribution in [-0.4, -0.2) is 57.3 Å². The number of benzene rings is 1. The SMILES string of the molecule is C[C@@H]1C[C@H](O)[C@@]2(O)[C@]13CC(=O)O[C@H](C3)[C@](C)(O)[C@@]2(C)COC(=O)c1ccccc1. The van der Waals surface area contributed by atoms with Gasteiger partial charge in [0.1, 0.15) is 23.9 Å². The third-order valence-corrected chi connectivity index (χ3v) is 8.13. The second kappa shape index (κ2) is 6.27. The maximum absolute atomic E-state index is 12.5. The van der Waals surface area contributed by atoms with Crippen LogP contribution < -0.4 is 0 Å². The van der Waals surface area contributed by atoms with Crippen molar-refractivity contribution < 1.29 is 34.4 Å². The van der Waals surface area contributed by atoms with E-state index in [0.717, 1.165) is 0 Å². The summed E-state index contributed by atoms with van der Waals surface area (Å²) < 4.78 is 11.0. The average Bonchev–Trinajstić information content (AvgIpc) is 2.86. The van der Waals surface area contributed by atoms with Gasteiger partial charge in [-0.25, -0.2) is 4.79 Å². The van der Waals surface area contributed by atoms with Gasteiger partial charge >= 0.3 is 11.9 Å². The molecule has 7 heteroatoms. The van der Waals surface area contributed by atoms with E-state index in [4.69, 9.17) is 9.47 Å². The van der Waals surface area contributed by atoms with Crippen molar-refractivity contribution in [2.24, 2.45) is 16.7 Å². The topological polar surface area (TPSA) is 113 Å². The lowest BCUT2D eigenvalue weighted by atomic mass is 9.44. The van der Waals surface area contributed by atoms with E-state index < -0.39 is 46.2 Å². The molecule has 1 aromatic rings. The second-order valence-corrected chi connectivity index (χ2v) is 9.36. The van der Waals surface area contributed by atoms with Crippen molar-refractivity contribution >= 4 is 11.9 Å². The summed E-state index contributed by atoms with van der Waals surface area (Å²) in [7, 11) is 0. The first-order valence-electron chi connectivity index (χ1n) is 10.0. The van der Waals surface area contributed by atoms with Gasteiger partial charge in [0.05, 0.1) is 23.5 Å². The number of rotatable bonds is 3. The Kier molecular flexibility index (Phi) is 4.39. The highest BCUT2D eigenvalue weighted by molar-refractivity contribution is 5.89. The van der Waals surface area contributed by atoms with Crippen molar-refractivity contribution in [2.75, 3.05) is 6.61 Å². The molecule has 158 valence electrons. The van der Waals surface area contributed by atoms with E-state index in [9.17, 15) is 24.9 Å². The average molecular weight is 404 g/mol. The van der Waals surface area contributed by atoms with Gasteiger partial charge in [-0.2, -0.15) is 0 Å². The lowest BCUT2D eigenvalue weighted by Crippen LogP contribution is -2.79. The minimum atomic E-state index is -1.82. The largest absolute Gasteiger partial charge is 0.461 e. The molecule has 3 aliphatic rings. The van der Waals surface area contributed by atoms with Crippen LogP contribution in [-0.2, 0) is 14.3 Å². The van der Waals surface area contributed by atoms with Crippen LogP contribution in [0.2, 0.25) is 0 Å². The van der Waals surface area contributed by atoms with Crippen LogP contribution in [0.4, 0.5) is 0 Å². The number of hydrogen-bond donors (Lipinski definition) is 3. The predicted molar refractivity (Wildman–Crippen MR) is 102 cm³/mol. The molecule has 1 saturated heterocycles. The Bertz CT molecular complexity index is 837. The second-order valence-electron chi connectivity index (χ2n) is 9.36. The molecule has 29 heavy (non-hydrogen) atoms. The van der Waals surface area contributed by atoms with Gasteiger partial charge in [-0.15, -0.1) is 0 Å². The van der Waals surface area contributed by atoms with Gasteiger partial charge < -0.3 is 24.8 Å². The first kappa shape index (κ1) is 20.3. The summed E-state index contributed by atoms with van der Waals surface area (Å²) in [6, 6.07) is 8.43. The van der Waals surface area contributed by atoms with Crippen molar-refractivity contribution in [3.8, 4) is 0 Å². The van der Waals surface area contributed by atoms with Gasteiger partial charge in [0, 0.05) is 5.41 Å². The molecule has 1 aromatic carbocycles. The molecule has 0 amide bonds. The van der Waals surface area contributed by atoms with E-state index in [1.807, 2.05) is 6.92 Å². The zero-order valence-corrected chi connectivity index (χ0v) is 16.9. The van der Waals surface area contributed by atoms with Crippen LogP contribution in [0, 0.1) is 16.7 Å². The fraction of sp³-hybridized carbons (Fsp3) is 0.636. The number of fused-ring (bicyclic) bond motifs is 1. The molecule has 1 spiro atoms. The van der Waals surface area contributed by atoms with Gasteiger partial charge in [0.2, 0.25) is 0 Å². The van der Waals surface area contributed by atoms with Crippen molar-refractivity contribution in [3.63, 3.8) is 0 Å². The highest BCUT2D eigenvalue weighted by atomic mass is 16.6. The quantitative estimate of drug-likeness (QED) is 0.653. The number of hydrogen-bond acceptors (Lipinski definition) is 7. The Morgan fingerprint density at radius 2 is 1.90 bits per heavy atom. The molecule has 0 unspecified atom stereocenters. The first-order chi connectivity index (χ1) is 13.5. The summed E-state index contributed by atoms with van der Waals surface area (Å²) in [5.41, 5.74) is -5.61. The zero-order chi connectivity index (χ0) is 21.2. The summed E-state index contributed by atoms with van der Waals surface area (Å²) in [6.07, 6.45) is -1.54. The summed E-state index contributed by atoms with van der Waals surface area (Å²) in [5, 5.41) is 34.4. The molecular weight excluding hydrogens is 376 g/mol. The van der Waals surface area contributed by atoms with Crippen molar-refractivity contribution in [1.29, 1.82) is 0 Å². The third-order valence-electron chi connectivity index (χ3n) is 8.13. The highest BCUT2D eigenvalue weighted by Crippen LogP contribution is 2.70. The number of esters is 2. The fourth-order valence-electron chi connectivity index (χ4n) is 6.10. The van der Waals surface area contributed by atoms with Gasteiger partial charge in [0.25, 0.3) is 0 Å². The van der Waals surface area contributed by atoms with E-state index in [2.05, 4.69) is 0 Å². The maximum atomic E-state index is 12.5. The van der Waals surface area contributed by atoms with Gasteiger partial charge in [-0.3, -0.25) is 4.79 Å². The molecule has 3 fully saturated rings. The fourth-order valence-corrected chi connectivity index (χ4v) is 6.10. The van der Waals surface area contributed by atoms with Gasteiger partial charge in [-0.1, -0.05) is 32.0 Å². The predicted octanol–water partition coefficient (Wildman–Crippen LogP) is 1.44. The van der Waals surface area contributed by atoms with Crippen LogP contribution in [0.1, 0.15) is 50.4 Å². The summed E-state index contributed by atoms with van der Waals surface area (Å²) in [6.45, 7) is 4.65. The lowest BCUT2D eigenvalue weighted by molar-refractivity contribution is -0.337. The van der Waals surface area contributed by atoms with E-state index in [1.165, 1.54) is 6.92 Å². The lowest BCUT2D eigenvalue weighted by Gasteiger charge is -2.66. The smallest absolute Gasteiger partial charge is 0.338 e. The summed E-state index contributed by atoms with van der Waals surface area (Å²) in [5.74, 6) is -1.25. The molecule has 4 rings (SSSR count). The zero-order valence-electron chi connectivity index (χ0n) is 16.9. The molecule has 1 aliphatic heterocycles. The maximum Gasteiger partial charge on any atom is 0.338 e. The monoisotopic (exact) mass is 404 g/mol. The molecule has 2 aliphatic carbocycles. The van der Waals surface area contributed by atoms with Crippen molar-refractivity contribution in [1.82, 2.24) is 0 Å². The van der Waals surface area contributed by atoms with E-state index in [-0.39, 0.29) is 31.8 Å². The van der Waals surface area contributed by atoms with Crippen molar-refractivity contribution in [3.05, 3.63) is 35.9 Å². The molecule has 2 saturated carbocycles. The van der Waals surface area contributed by atoms with Crippen LogP contribution in [0.15, 0.2) is 30.3 Å². The van der Waals surface area contributed by atoms with Crippen LogP contribution in [0.25, 0.3) is 0 Å². The number of carbonyl (C=O) groups excluding carboxylic acids is 2. The van der Waals surface area contributed by atoms with Gasteiger partial charge in [-0.05, 0) is 37.8 Å². The summed E-state index contributed by atoms with van der Waals surface area (Å²) >= 11 is 0. The first-order valence-corrected chi connectivity index (χ1v) is 10.0. The molecule has 7 nitrogen and oxygen atoms in total. The van der Waals surface area contributed by atoms with E-state index in [1.54, 1.807) is 37.3 Å². The van der Waals surface area contributed by atoms with E-state index in [0.29, 0.717) is 5.56 Å².